The number of ketones is 1. The molecule has 2 N–H and O–H groups in total. The highest BCUT2D eigenvalue weighted by molar-refractivity contribution is 7.89. The van der Waals surface area contributed by atoms with E-state index in [-0.39, 0.29) is 35.2 Å². The van der Waals surface area contributed by atoms with Crippen LogP contribution in [0.1, 0.15) is 26.3 Å². The Labute approximate surface area is 285 Å². The highest BCUT2D eigenvalue weighted by Crippen LogP contribution is 2.23. The summed E-state index contributed by atoms with van der Waals surface area (Å²) in [5.74, 6) is -0.109. The highest BCUT2D eigenvalue weighted by Gasteiger charge is 2.39. The monoisotopic (exact) mass is 710 g/mol. The molecule has 49 heavy (non-hydrogen) atoms. The normalized spacial score (nSPS) is 16.2. The quantitative estimate of drug-likeness (QED) is 0.218. The minimum Gasteiger partial charge on any atom is -0.497 e. The fourth-order valence-corrected chi connectivity index (χ4v) is 7.31. The Morgan fingerprint density at radius 2 is 1.61 bits per heavy atom. The maximum absolute atomic E-state index is 14.1. The van der Waals surface area contributed by atoms with Crippen molar-refractivity contribution >= 4 is 42.9 Å². The molecule has 2 heterocycles. The van der Waals surface area contributed by atoms with E-state index in [4.69, 9.17) is 13.7 Å². The molecule has 260 valence electrons. The summed E-state index contributed by atoms with van der Waals surface area (Å²) in [6, 6.07) is 19.3. The second-order valence-corrected chi connectivity index (χ2v) is 15.6. The Balaban J connectivity index is 1.39. The smallest absolute Gasteiger partial charge is 0.410 e. The lowest BCUT2D eigenvalue weighted by atomic mass is 9.97. The molecular weight excluding hydrogens is 673 g/mol. The number of carbonyl (C=O) groups is 2. The lowest BCUT2D eigenvalue weighted by Gasteiger charge is -2.37. The number of pyridine rings is 1. The largest absolute Gasteiger partial charge is 0.497 e. The molecular formula is C34H38N4O9S2. The van der Waals surface area contributed by atoms with Crippen molar-refractivity contribution in [1.29, 1.82) is 0 Å². The molecule has 3 aromatic carbocycles. The zero-order valence-corrected chi connectivity index (χ0v) is 29.1. The van der Waals surface area contributed by atoms with Crippen LogP contribution in [0.3, 0.4) is 0 Å². The third-order valence-corrected chi connectivity index (χ3v) is 10.2. The van der Waals surface area contributed by atoms with Gasteiger partial charge in [0.1, 0.15) is 23.1 Å². The Morgan fingerprint density at radius 1 is 0.939 bits per heavy atom. The number of amides is 1. The maximum atomic E-state index is 14.1. The molecule has 4 aromatic rings. The molecule has 1 aliphatic heterocycles. The number of hydrogen-bond acceptors (Lipinski definition) is 11. The van der Waals surface area contributed by atoms with E-state index in [0.717, 1.165) is 5.39 Å². The summed E-state index contributed by atoms with van der Waals surface area (Å²) in [4.78, 5) is 32.7. The van der Waals surface area contributed by atoms with Crippen molar-refractivity contribution in [3.63, 3.8) is 0 Å². The summed E-state index contributed by atoms with van der Waals surface area (Å²) >= 11 is 0. The van der Waals surface area contributed by atoms with Crippen molar-refractivity contribution < 1.29 is 40.1 Å². The van der Waals surface area contributed by atoms with Crippen LogP contribution in [0.4, 0.5) is 4.79 Å². The molecule has 1 amide bonds. The average Bonchev–Trinajstić information content (AvgIpc) is 3.07. The zero-order valence-electron chi connectivity index (χ0n) is 27.5. The van der Waals surface area contributed by atoms with Crippen LogP contribution < -0.4 is 19.0 Å². The summed E-state index contributed by atoms with van der Waals surface area (Å²) < 4.78 is 71.6. The van der Waals surface area contributed by atoms with Gasteiger partial charge in [-0.2, -0.15) is 8.42 Å². The second-order valence-electron chi connectivity index (χ2n) is 12.4. The van der Waals surface area contributed by atoms with Crippen molar-refractivity contribution in [1.82, 2.24) is 19.9 Å². The van der Waals surface area contributed by atoms with E-state index in [1.807, 2.05) is 12.1 Å². The number of benzene rings is 3. The van der Waals surface area contributed by atoms with Crippen LogP contribution in [0.15, 0.2) is 94.9 Å². The number of piperazine rings is 1. The van der Waals surface area contributed by atoms with Crippen LogP contribution in [0.5, 0.6) is 11.5 Å². The van der Waals surface area contributed by atoms with E-state index in [9.17, 15) is 26.4 Å². The lowest BCUT2D eigenvalue weighted by Crippen LogP contribution is -2.61. The number of fused-ring (bicyclic) bond motifs is 1. The molecule has 0 bridgehead atoms. The van der Waals surface area contributed by atoms with Gasteiger partial charge in [-0.25, -0.2) is 22.9 Å². The topological polar surface area (TPSA) is 170 Å². The standard InChI is InChI=1S/C34H38N4O9S2/c1-34(2,3)46-33(40)38-20-19-35-22-30(38)32(39)29(37-48(41,42)27-16-14-25(45-4)15-17-27)21-23-9-12-26(13-10-23)47-49(43,44)31-18-11-24-7-5-6-8-28(24)36-31/h5-18,29-30,35,37H,19-22H2,1-4H3/t29-,30?/m0/s1. The maximum Gasteiger partial charge on any atom is 0.410 e. The number of hydrogen-bond donors (Lipinski definition) is 2. The molecule has 0 spiro atoms. The van der Waals surface area contributed by atoms with Gasteiger partial charge >= 0.3 is 16.2 Å². The molecule has 13 nitrogen and oxygen atoms in total. The van der Waals surface area contributed by atoms with Gasteiger partial charge in [-0.15, -0.1) is 0 Å². The fraction of sp³-hybridized carbons (Fsp3) is 0.324. The van der Waals surface area contributed by atoms with Crippen LogP contribution in [-0.4, -0.2) is 83.0 Å². The summed E-state index contributed by atoms with van der Waals surface area (Å²) in [7, 11) is -7.05. The van der Waals surface area contributed by atoms with Gasteiger partial charge in [-0.1, -0.05) is 30.3 Å². The third-order valence-electron chi connectivity index (χ3n) is 7.61. The first-order valence-electron chi connectivity index (χ1n) is 15.4. The number of para-hydroxylation sites is 1. The molecule has 2 atom stereocenters. The summed E-state index contributed by atoms with van der Waals surface area (Å²) in [6.45, 7) is 5.83. The van der Waals surface area contributed by atoms with E-state index in [1.165, 1.54) is 66.6 Å². The van der Waals surface area contributed by atoms with E-state index >= 15 is 0 Å². The number of rotatable bonds is 11. The predicted octanol–water partition coefficient (Wildman–Crippen LogP) is 3.68. The third kappa shape index (κ3) is 8.92. The number of methoxy groups -OCH3 is 1. The minimum absolute atomic E-state index is 0.00650. The summed E-state index contributed by atoms with van der Waals surface area (Å²) in [6.07, 6.45) is -0.806. The van der Waals surface area contributed by atoms with Gasteiger partial charge < -0.3 is 19.0 Å². The van der Waals surface area contributed by atoms with E-state index in [1.54, 1.807) is 39.0 Å². The van der Waals surface area contributed by atoms with Crippen LogP contribution in [0, 0.1) is 0 Å². The molecule has 1 unspecified atom stereocenters. The summed E-state index contributed by atoms with van der Waals surface area (Å²) in [5, 5.41) is 3.62. The lowest BCUT2D eigenvalue weighted by molar-refractivity contribution is -0.126. The van der Waals surface area contributed by atoms with Crippen molar-refractivity contribution in [3.8, 4) is 11.5 Å². The second kappa shape index (κ2) is 14.5. The van der Waals surface area contributed by atoms with Crippen molar-refractivity contribution in [2.24, 2.45) is 0 Å². The molecule has 1 saturated heterocycles. The van der Waals surface area contributed by atoms with E-state index in [2.05, 4.69) is 15.0 Å². The molecule has 1 aromatic heterocycles. The van der Waals surface area contributed by atoms with Gasteiger partial charge in [-0.3, -0.25) is 9.69 Å². The van der Waals surface area contributed by atoms with E-state index < -0.39 is 49.7 Å². The molecule has 0 radical (unpaired) electrons. The van der Waals surface area contributed by atoms with Crippen molar-refractivity contribution in [2.45, 2.75) is 54.8 Å². The first-order valence-corrected chi connectivity index (χ1v) is 18.3. The molecule has 0 aliphatic carbocycles. The van der Waals surface area contributed by atoms with Crippen molar-refractivity contribution in [2.75, 3.05) is 26.7 Å². The Morgan fingerprint density at radius 3 is 2.29 bits per heavy atom. The molecule has 5 rings (SSSR count). The first-order chi connectivity index (χ1) is 23.1. The van der Waals surface area contributed by atoms with Crippen LogP contribution in [-0.2, 0) is 36.1 Å². The average molecular weight is 711 g/mol. The van der Waals surface area contributed by atoms with Crippen molar-refractivity contribution in [3.05, 3.63) is 90.5 Å². The van der Waals surface area contributed by atoms with Crippen LogP contribution in [0.2, 0.25) is 0 Å². The van der Waals surface area contributed by atoms with Gasteiger partial charge in [0.15, 0.2) is 10.8 Å². The predicted molar refractivity (Wildman–Crippen MR) is 181 cm³/mol. The van der Waals surface area contributed by atoms with Gasteiger partial charge in [0.25, 0.3) is 0 Å². The number of nitrogens with one attached hydrogen (secondary N) is 2. The number of aromatic nitrogens is 1. The Bertz CT molecular complexity index is 2030. The van der Waals surface area contributed by atoms with Gasteiger partial charge in [0.05, 0.1) is 23.6 Å². The number of ether oxygens (including phenoxy) is 2. The molecule has 1 fully saturated rings. The van der Waals surface area contributed by atoms with Gasteiger partial charge in [0, 0.05) is 25.0 Å². The van der Waals surface area contributed by atoms with E-state index in [0.29, 0.717) is 23.4 Å². The van der Waals surface area contributed by atoms with Crippen LogP contribution in [0.25, 0.3) is 10.9 Å². The number of Topliss-reactive ketones (excluding diaryl/α,β-unsaturated/α-hetero) is 1. The molecule has 1 aliphatic rings. The highest BCUT2D eigenvalue weighted by atomic mass is 32.2. The SMILES string of the molecule is COc1ccc(S(=O)(=O)N[C@@H](Cc2ccc(OS(=O)(=O)c3ccc4ccccc4n3)cc2)C(=O)C2CNCCN2C(=O)OC(C)(C)C)cc1. The minimum atomic E-state index is -4.28. The van der Waals surface area contributed by atoms with Crippen LogP contribution >= 0.6 is 0 Å². The number of carbonyl (C=O) groups excluding carboxylic acids is 2. The summed E-state index contributed by atoms with van der Waals surface area (Å²) in [5.41, 5.74) is 0.178. The Hall–Kier alpha value is -4.57. The molecule has 0 saturated carbocycles. The molecule has 15 heteroatoms. The fourth-order valence-electron chi connectivity index (χ4n) is 5.21. The Kier molecular flexibility index (Phi) is 10.6. The zero-order chi connectivity index (χ0) is 35.4. The number of nitrogens with zero attached hydrogens (tertiary/aromatic N) is 2. The van der Waals surface area contributed by atoms with Gasteiger partial charge in [-0.05, 0) is 87.4 Å². The van der Waals surface area contributed by atoms with Gasteiger partial charge in [0.2, 0.25) is 10.0 Å². The first kappa shape index (κ1) is 35.7. The number of sulfonamides is 1.